The van der Waals surface area contributed by atoms with E-state index in [2.05, 4.69) is 16.0 Å². The summed E-state index contributed by atoms with van der Waals surface area (Å²) in [5.74, 6) is 0. The van der Waals surface area contributed by atoms with E-state index in [1.165, 1.54) is 0 Å². The number of nitrogens with zero attached hydrogens (tertiary/aromatic N) is 4. The Morgan fingerprint density at radius 1 is 1.50 bits per heavy atom. The number of nitriles is 1. The molecule has 0 aromatic carbocycles. The first-order valence-electron chi connectivity index (χ1n) is 5.35. The zero-order valence-corrected chi connectivity index (χ0v) is 9.30. The summed E-state index contributed by atoms with van der Waals surface area (Å²) in [6.45, 7) is 4.09. The predicted octanol–water partition coefficient (Wildman–Crippen LogP) is 1.68. The van der Waals surface area contributed by atoms with Crippen LogP contribution in [0.5, 0.6) is 0 Å². The fraction of sp³-hybridized carbons (Fsp3) is 0.333. The molecule has 0 aliphatic heterocycles. The average Bonchev–Trinajstić information content (AvgIpc) is 2.70. The van der Waals surface area contributed by atoms with Crippen LogP contribution < -0.4 is 0 Å². The van der Waals surface area contributed by atoms with Crippen molar-refractivity contribution in [2.24, 2.45) is 0 Å². The van der Waals surface area contributed by atoms with Crippen molar-refractivity contribution in [1.82, 2.24) is 14.3 Å². The molecular weight excluding hydrogens is 200 g/mol. The highest BCUT2D eigenvalue weighted by atomic mass is 15.1. The summed E-state index contributed by atoms with van der Waals surface area (Å²) in [6.07, 6.45) is 3.99. The quantitative estimate of drug-likeness (QED) is 0.727. The van der Waals surface area contributed by atoms with Crippen LogP contribution in [0, 0.1) is 11.3 Å². The largest absolute Gasteiger partial charge is 0.307 e. The molecule has 4 nitrogen and oxygen atoms in total. The zero-order valence-electron chi connectivity index (χ0n) is 9.30. The molecule has 0 aliphatic rings. The molecule has 2 aromatic rings. The van der Waals surface area contributed by atoms with Crippen molar-refractivity contribution in [3.8, 4) is 6.07 Å². The van der Waals surface area contributed by atoms with Gasteiger partial charge < -0.3 is 4.40 Å². The van der Waals surface area contributed by atoms with Gasteiger partial charge in [0, 0.05) is 18.9 Å². The molecule has 0 spiro atoms. The van der Waals surface area contributed by atoms with Gasteiger partial charge in [-0.15, -0.1) is 0 Å². The summed E-state index contributed by atoms with van der Waals surface area (Å²) < 4.78 is 2.00. The number of imidazole rings is 1. The fourth-order valence-corrected chi connectivity index (χ4v) is 1.67. The molecule has 82 valence electrons. The van der Waals surface area contributed by atoms with Crippen LogP contribution in [0.4, 0.5) is 0 Å². The van der Waals surface area contributed by atoms with E-state index in [1.807, 2.05) is 41.9 Å². The number of aromatic nitrogens is 2. The lowest BCUT2D eigenvalue weighted by molar-refractivity contribution is 0.311. The van der Waals surface area contributed by atoms with E-state index in [0.717, 1.165) is 24.4 Å². The van der Waals surface area contributed by atoms with Crippen molar-refractivity contribution in [3.63, 3.8) is 0 Å². The number of rotatable bonds is 4. The molecule has 4 heteroatoms. The summed E-state index contributed by atoms with van der Waals surface area (Å²) in [4.78, 5) is 6.55. The predicted molar refractivity (Wildman–Crippen MR) is 61.8 cm³/mol. The molecule has 0 radical (unpaired) electrons. The van der Waals surface area contributed by atoms with E-state index < -0.39 is 0 Å². The van der Waals surface area contributed by atoms with Crippen LogP contribution in [0.2, 0.25) is 0 Å². The first-order chi connectivity index (χ1) is 7.83. The minimum Gasteiger partial charge on any atom is -0.307 e. The van der Waals surface area contributed by atoms with Gasteiger partial charge in [0.25, 0.3) is 0 Å². The van der Waals surface area contributed by atoms with Gasteiger partial charge in [-0.25, -0.2) is 4.98 Å². The third-order valence-electron chi connectivity index (χ3n) is 2.54. The molecular formula is C12H14N4. The summed E-state index contributed by atoms with van der Waals surface area (Å²) >= 11 is 0. The molecule has 0 amide bonds. The summed E-state index contributed by atoms with van der Waals surface area (Å²) in [7, 11) is 0. The lowest BCUT2D eigenvalue weighted by atomic mass is 10.4. The van der Waals surface area contributed by atoms with Crippen molar-refractivity contribution in [2.75, 3.05) is 13.1 Å². The van der Waals surface area contributed by atoms with Crippen LogP contribution >= 0.6 is 0 Å². The molecule has 0 saturated heterocycles. The Hall–Kier alpha value is -1.86. The third-order valence-corrected chi connectivity index (χ3v) is 2.54. The average molecular weight is 214 g/mol. The van der Waals surface area contributed by atoms with E-state index in [9.17, 15) is 0 Å². The Balaban J connectivity index is 2.18. The Labute approximate surface area is 94.7 Å². The fourth-order valence-electron chi connectivity index (χ4n) is 1.67. The highest BCUT2D eigenvalue weighted by molar-refractivity contribution is 5.39. The van der Waals surface area contributed by atoms with E-state index in [0.29, 0.717) is 6.54 Å². The second-order valence-electron chi connectivity index (χ2n) is 3.66. The van der Waals surface area contributed by atoms with E-state index in [1.54, 1.807) is 0 Å². The topological polar surface area (TPSA) is 44.3 Å². The van der Waals surface area contributed by atoms with Gasteiger partial charge >= 0.3 is 0 Å². The molecule has 2 heterocycles. The number of hydrogen-bond acceptors (Lipinski definition) is 3. The van der Waals surface area contributed by atoms with Gasteiger partial charge in [0.05, 0.1) is 18.3 Å². The molecule has 0 N–H and O–H groups in total. The van der Waals surface area contributed by atoms with Gasteiger partial charge in [0.2, 0.25) is 0 Å². The van der Waals surface area contributed by atoms with E-state index >= 15 is 0 Å². The molecule has 2 aromatic heterocycles. The second-order valence-corrected chi connectivity index (χ2v) is 3.66. The van der Waals surface area contributed by atoms with Gasteiger partial charge in [-0.05, 0) is 18.7 Å². The molecule has 0 unspecified atom stereocenters. The summed E-state index contributed by atoms with van der Waals surface area (Å²) in [5, 5.41) is 8.67. The molecule has 0 aliphatic carbocycles. The SMILES string of the molecule is CCN(CC#N)Cc1cn2ccccc2n1. The smallest absolute Gasteiger partial charge is 0.137 e. The van der Waals surface area contributed by atoms with Crippen molar-refractivity contribution in [3.05, 3.63) is 36.3 Å². The minimum absolute atomic E-state index is 0.449. The first-order valence-corrected chi connectivity index (χ1v) is 5.35. The van der Waals surface area contributed by atoms with Crippen molar-refractivity contribution >= 4 is 5.65 Å². The Kier molecular flexibility index (Phi) is 3.18. The Morgan fingerprint density at radius 3 is 3.06 bits per heavy atom. The monoisotopic (exact) mass is 214 g/mol. The van der Waals surface area contributed by atoms with Crippen LogP contribution in [0.3, 0.4) is 0 Å². The van der Waals surface area contributed by atoms with Crippen LogP contribution in [0.15, 0.2) is 30.6 Å². The van der Waals surface area contributed by atoms with Gasteiger partial charge in [-0.3, -0.25) is 4.90 Å². The Morgan fingerprint density at radius 2 is 2.38 bits per heavy atom. The van der Waals surface area contributed by atoms with Gasteiger partial charge in [0.15, 0.2) is 0 Å². The van der Waals surface area contributed by atoms with Gasteiger partial charge in [-0.1, -0.05) is 13.0 Å². The first kappa shape index (κ1) is 10.7. The van der Waals surface area contributed by atoms with Crippen molar-refractivity contribution in [2.45, 2.75) is 13.5 Å². The second kappa shape index (κ2) is 4.77. The van der Waals surface area contributed by atoms with Gasteiger partial charge in [0.1, 0.15) is 5.65 Å². The van der Waals surface area contributed by atoms with Crippen LogP contribution in [0.25, 0.3) is 5.65 Å². The molecule has 0 bridgehead atoms. The maximum absolute atomic E-state index is 8.67. The van der Waals surface area contributed by atoms with E-state index in [-0.39, 0.29) is 0 Å². The summed E-state index contributed by atoms with van der Waals surface area (Å²) in [5.41, 5.74) is 1.95. The molecule has 0 saturated carbocycles. The minimum atomic E-state index is 0.449. The standard InChI is InChI=1S/C12H14N4/c1-2-15(8-6-13)9-11-10-16-7-4-3-5-12(16)14-11/h3-5,7,10H,2,8-9H2,1H3. The highest BCUT2D eigenvalue weighted by Gasteiger charge is 2.06. The lowest BCUT2D eigenvalue weighted by Crippen LogP contribution is -2.23. The molecule has 0 fully saturated rings. The lowest BCUT2D eigenvalue weighted by Gasteiger charge is -2.14. The highest BCUT2D eigenvalue weighted by Crippen LogP contribution is 2.06. The maximum atomic E-state index is 8.67. The van der Waals surface area contributed by atoms with Crippen LogP contribution in [0.1, 0.15) is 12.6 Å². The summed E-state index contributed by atoms with van der Waals surface area (Å²) in [6, 6.07) is 8.09. The maximum Gasteiger partial charge on any atom is 0.137 e. The van der Waals surface area contributed by atoms with Crippen LogP contribution in [-0.4, -0.2) is 27.4 Å². The van der Waals surface area contributed by atoms with Gasteiger partial charge in [-0.2, -0.15) is 5.26 Å². The van der Waals surface area contributed by atoms with Crippen molar-refractivity contribution in [1.29, 1.82) is 5.26 Å². The molecule has 2 rings (SSSR count). The number of fused-ring (bicyclic) bond motifs is 1. The third kappa shape index (κ3) is 2.20. The molecule has 0 atom stereocenters. The normalized spacial score (nSPS) is 10.8. The number of hydrogen-bond donors (Lipinski definition) is 0. The van der Waals surface area contributed by atoms with Crippen molar-refractivity contribution < 1.29 is 0 Å². The van der Waals surface area contributed by atoms with Crippen LogP contribution in [-0.2, 0) is 6.54 Å². The zero-order chi connectivity index (χ0) is 11.4. The Bertz CT molecular complexity index is 476. The van der Waals surface area contributed by atoms with E-state index in [4.69, 9.17) is 5.26 Å². The number of pyridine rings is 1. The molecule has 16 heavy (non-hydrogen) atoms.